The summed E-state index contributed by atoms with van der Waals surface area (Å²) in [5, 5.41) is -0.934. The van der Waals surface area contributed by atoms with E-state index >= 15 is 0 Å². The van der Waals surface area contributed by atoms with Gasteiger partial charge in [-0.25, -0.2) is 16.8 Å². The van der Waals surface area contributed by atoms with Gasteiger partial charge in [-0.2, -0.15) is 0 Å². The van der Waals surface area contributed by atoms with E-state index in [0.29, 0.717) is 11.7 Å². The summed E-state index contributed by atoms with van der Waals surface area (Å²) < 4.78 is 56.7. The van der Waals surface area contributed by atoms with E-state index in [1.165, 1.54) is 24.8 Å². The molecule has 2 aliphatic rings. The van der Waals surface area contributed by atoms with E-state index in [2.05, 4.69) is 17.0 Å². The Morgan fingerprint density at radius 3 is 2.23 bits per heavy atom. The summed E-state index contributed by atoms with van der Waals surface area (Å²) in [6, 6.07) is 16.1. The molecule has 0 saturated carbocycles. The van der Waals surface area contributed by atoms with Gasteiger partial charge in [0.2, 0.25) is 0 Å². The highest BCUT2D eigenvalue weighted by Crippen LogP contribution is 2.32. The van der Waals surface area contributed by atoms with Crippen molar-refractivity contribution in [1.29, 1.82) is 0 Å². The second-order valence-electron chi connectivity index (χ2n) is 8.57. The van der Waals surface area contributed by atoms with Crippen LogP contribution in [0.1, 0.15) is 18.4 Å². The van der Waals surface area contributed by atoms with Crippen LogP contribution >= 0.6 is 0 Å². The third-order valence-electron chi connectivity index (χ3n) is 6.54. The van der Waals surface area contributed by atoms with Crippen molar-refractivity contribution in [2.45, 2.75) is 35.4 Å². The summed E-state index contributed by atoms with van der Waals surface area (Å²) >= 11 is 0. The first-order chi connectivity index (χ1) is 14.8. The fourth-order valence-corrected chi connectivity index (χ4v) is 9.64. The highest BCUT2D eigenvalue weighted by Gasteiger charge is 2.48. The number of methoxy groups -OCH3 is 1. The standard InChI is InChI=1S/C23H29NO5S2/c1-29-20-7-9-21(10-8-20)31(27,28)23-17-30(25,26)16-22(23)24-13-11-19(12-14-24)15-18-5-3-2-4-6-18/h2-10,19,22-23H,11-17H2,1H3/t22-,23-/m0/s1. The number of hydrogen-bond acceptors (Lipinski definition) is 6. The van der Waals surface area contributed by atoms with Crippen LogP contribution in [0, 0.1) is 5.92 Å². The molecule has 2 aliphatic heterocycles. The van der Waals surface area contributed by atoms with Crippen LogP contribution in [0.4, 0.5) is 0 Å². The van der Waals surface area contributed by atoms with Gasteiger partial charge in [0.05, 0.1) is 28.8 Å². The maximum atomic E-state index is 13.3. The Morgan fingerprint density at radius 2 is 1.61 bits per heavy atom. The van der Waals surface area contributed by atoms with E-state index < -0.39 is 31.0 Å². The van der Waals surface area contributed by atoms with Gasteiger partial charge < -0.3 is 4.74 Å². The van der Waals surface area contributed by atoms with Crippen LogP contribution < -0.4 is 4.74 Å². The van der Waals surface area contributed by atoms with Crippen molar-refractivity contribution < 1.29 is 21.6 Å². The van der Waals surface area contributed by atoms with E-state index in [0.717, 1.165) is 32.4 Å². The summed E-state index contributed by atoms with van der Waals surface area (Å²) in [4.78, 5) is 2.25. The third kappa shape index (κ3) is 4.96. The van der Waals surface area contributed by atoms with Crippen molar-refractivity contribution in [1.82, 2.24) is 4.90 Å². The van der Waals surface area contributed by atoms with E-state index in [1.54, 1.807) is 12.1 Å². The summed E-state index contributed by atoms with van der Waals surface area (Å²) in [5.74, 6) is 0.704. The molecule has 2 saturated heterocycles. The Balaban J connectivity index is 1.49. The molecule has 2 aromatic rings. The van der Waals surface area contributed by atoms with Crippen molar-refractivity contribution in [3.8, 4) is 5.75 Å². The van der Waals surface area contributed by atoms with Crippen LogP contribution in [0.25, 0.3) is 0 Å². The highest BCUT2D eigenvalue weighted by molar-refractivity contribution is 7.96. The monoisotopic (exact) mass is 463 g/mol. The first-order valence-corrected chi connectivity index (χ1v) is 14.0. The lowest BCUT2D eigenvalue weighted by Crippen LogP contribution is -2.49. The fourth-order valence-electron chi connectivity index (χ4n) is 4.81. The van der Waals surface area contributed by atoms with Gasteiger partial charge in [-0.05, 0) is 68.1 Å². The second kappa shape index (κ2) is 8.92. The van der Waals surface area contributed by atoms with Crippen LogP contribution in [0.15, 0.2) is 59.5 Å². The molecule has 0 aliphatic carbocycles. The third-order valence-corrected chi connectivity index (χ3v) is 10.7. The molecule has 2 heterocycles. The molecule has 2 fully saturated rings. The van der Waals surface area contributed by atoms with Crippen LogP contribution in [-0.4, -0.2) is 64.7 Å². The zero-order valence-electron chi connectivity index (χ0n) is 17.7. The maximum Gasteiger partial charge on any atom is 0.183 e. The van der Waals surface area contributed by atoms with Crippen LogP contribution in [0.5, 0.6) is 5.75 Å². The van der Waals surface area contributed by atoms with Gasteiger partial charge in [0.1, 0.15) is 5.75 Å². The van der Waals surface area contributed by atoms with Crippen molar-refractivity contribution in [3.05, 3.63) is 60.2 Å². The molecule has 2 atom stereocenters. The normalized spacial score (nSPS) is 24.8. The minimum absolute atomic E-state index is 0.0869. The minimum atomic E-state index is -3.77. The lowest BCUT2D eigenvalue weighted by Gasteiger charge is -2.37. The SMILES string of the molecule is COc1ccc(S(=O)(=O)[C@H]2CS(=O)(=O)C[C@@H]2N2CCC(Cc3ccccc3)CC2)cc1. The summed E-state index contributed by atoms with van der Waals surface area (Å²) in [5.41, 5.74) is 1.31. The zero-order chi connectivity index (χ0) is 22.1. The lowest BCUT2D eigenvalue weighted by molar-refractivity contribution is 0.144. The van der Waals surface area contributed by atoms with Crippen LogP contribution in [0.3, 0.4) is 0 Å². The Bertz CT molecular complexity index is 1090. The number of nitrogens with zero attached hydrogens (tertiary/aromatic N) is 1. The largest absolute Gasteiger partial charge is 0.497 e. The molecule has 0 radical (unpaired) electrons. The average molecular weight is 464 g/mol. The Labute approximate surface area is 185 Å². The molecular weight excluding hydrogens is 434 g/mol. The van der Waals surface area contributed by atoms with Gasteiger partial charge in [0.15, 0.2) is 19.7 Å². The topological polar surface area (TPSA) is 80.8 Å². The molecule has 0 bridgehead atoms. The molecule has 0 N–H and O–H groups in total. The quantitative estimate of drug-likeness (QED) is 0.655. The minimum Gasteiger partial charge on any atom is -0.497 e. The molecule has 4 rings (SSSR count). The highest BCUT2D eigenvalue weighted by atomic mass is 32.2. The summed E-state index contributed by atoms with van der Waals surface area (Å²) in [6.45, 7) is 1.46. The molecule has 2 aromatic carbocycles. The van der Waals surface area contributed by atoms with Crippen molar-refractivity contribution in [3.63, 3.8) is 0 Å². The first-order valence-electron chi connectivity index (χ1n) is 10.6. The molecule has 0 spiro atoms. The number of piperidine rings is 1. The molecule has 8 heteroatoms. The Kier molecular flexibility index (Phi) is 6.42. The Hall–Kier alpha value is -1.90. The molecule has 0 aromatic heterocycles. The fraction of sp³-hybridized carbons (Fsp3) is 0.478. The molecule has 0 unspecified atom stereocenters. The Morgan fingerprint density at radius 1 is 0.968 bits per heavy atom. The summed E-state index contributed by atoms with van der Waals surface area (Å²) in [7, 11) is -5.66. The van der Waals surface area contributed by atoms with Crippen LogP contribution in [0.2, 0.25) is 0 Å². The number of ether oxygens (including phenoxy) is 1. The van der Waals surface area contributed by atoms with E-state index in [4.69, 9.17) is 4.74 Å². The zero-order valence-corrected chi connectivity index (χ0v) is 19.3. The smallest absolute Gasteiger partial charge is 0.183 e. The molecule has 168 valence electrons. The van der Waals surface area contributed by atoms with Crippen molar-refractivity contribution in [2.24, 2.45) is 5.92 Å². The van der Waals surface area contributed by atoms with Gasteiger partial charge in [0.25, 0.3) is 0 Å². The van der Waals surface area contributed by atoms with Crippen LogP contribution in [-0.2, 0) is 26.1 Å². The molecule has 0 amide bonds. The van der Waals surface area contributed by atoms with E-state index in [9.17, 15) is 16.8 Å². The predicted molar refractivity (Wildman–Crippen MR) is 121 cm³/mol. The number of benzene rings is 2. The molecule has 31 heavy (non-hydrogen) atoms. The molecular formula is C23H29NO5S2. The van der Waals surface area contributed by atoms with E-state index in [-0.39, 0.29) is 16.4 Å². The summed E-state index contributed by atoms with van der Waals surface area (Å²) in [6.07, 6.45) is 2.90. The lowest BCUT2D eigenvalue weighted by atomic mass is 9.89. The first kappa shape index (κ1) is 22.3. The van der Waals surface area contributed by atoms with Crippen molar-refractivity contribution in [2.75, 3.05) is 31.7 Å². The number of hydrogen-bond donors (Lipinski definition) is 0. The van der Waals surface area contributed by atoms with Gasteiger partial charge in [-0.3, -0.25) is 4.90 Å². The van der Waals surface area contributed by atoms with Gasteiger partial charge in [-0.15, -0.1) is 0 Å². The maximum absolute atomic E-state index is 13.3. The van der Waals surface area contributed by atoms with Crippen molar-refractivity contribution >= 4 is 19.7 Å². The number of rotatable bonds is 6. The van der Waals surface area contributed by atoms with E-state index in [1.807, 2.05) is 18.2 Å². The average Bonchev–Trinajstić information content (AvgIpc) is 3.11. The van der Waals surface area contributed by atoms with Gasteiger partial charge in [-0.1, -0.05) is 30.3 Å². The second-order valence-corrected chi connectivity index (χ2v) is 12.9. The number of likely N-dealkylation sites (tertiary alicyclic amines) is 1. The van der Waals surface area contributed by atoms with Gasteiger partial charge in [0, 0.05) is 6.04 Å². The molecule has 6 nitrogen and oxygen atoms in total. The number of sulfone groups is 2. The van der Waals surface area contributed by atoms with Gasteiger partial charge >= 0.3 is 0 Å². The predicted octanol–water partition coefficient (Wildman–Crippen LogP) is 2.59.